The molecule has 0 saturated carbocycles. The van der Waals surface area contributed by atoms with E-state index >= 15 is 0 Å². The zero-order valence-corrected chi connectivity index (χ0v) is 10.7. The Morgan fingerprint density at radius 2 is 1.89 bits per heavy atom. The summed E-state index contributed by atoms with van der Waals surface area (Å²) in [6.45, 7) is 4.05. The molecule has 0 fully saturated rings. The molecule has 0 aromatic heterocycles. The molecule has 1 N–H and O–H groups in total. The summed E-state index contributed by atoms with van der Waals surface area (Å²) in [6, 6.07) is 6.50. The van der Waals surface area contributed by atoms with Crippen molar-refractivity contribution in [2.45, 2.75) is 32.6 Å². The first-order chi connectivity index (χ1) is 8.56. The molecule has 1 aromatic carbocycles. The van der Waals surface area contributed by atoms with Crippen LogP contribution in [0.2, 0.25) is 0 Å². The monoisotopic (exact) mass is 250 g/mol. The molecule has 4 heteroatoms. The van der Waals surface area contributed by atoms with Crippen LogP contribution in [0.1, 0.15) is 48.5 Å². The largest absolute Gasteiger partial charge is 0.481 e. The third-order valence-electron chi connectivity index (χ3n) is 2.75. The van der Waals surface area contributed by atoms with Crippen LogP contribution in [0.5, 0.6) is 0 Å². The average molecular weight is 250 g/mol. The zero-order valence-electron chi connectivity index (χ0n) is 10.7. The van der Waals surface area contributed by atoms with Crippen molar-refractivity contribution in [1.29, 1.82) is 0 Å². The lowest BCUT2D eigenvalue weighted by molar-refractivity contribution is -0.138. The van der Waals surface area contributed by atoms with Crippen molar-refractivity contribution in [2.24, 2.45) is 0 Å². The number of benzene rings is 1. The van der Waals surface area contributed by atoms with Gasteiger partial charge in [-0.15, -0.1) is 0 Å². The highest BCUT2D eigenvalue weighted by Gasteiger charge is 2.14. The first-order valence-corrected chi connectivity index (χ1v) is 6.06. The third-order valence-corrected chi connectivity index (χ3v) is 2.75. The minimum absolute atomic E-state index is 0.363. The van der Waals surface area contributed by atoms with Crippen molar-refractivity contribution in [3.8, 4) is 0 Å². The van der Waals surface area contributed by atoms with Crippen LogP contribution in [-0.4, -0.2) is 23.7 Å². The fourth-order valence-corrected chi connectivity index (χ4v) is 1.44. The SMILES string of the molecule is CCCCOC(=O)c1ccc(C(C)C(=O)O)cc1. The Morgan fingerprint density at radius 3 is 2.39 bits per heavy atom. The molecule has 1 atom stereocenters. The molecule has 1 unspecified atom stereocenters. The topological polar surface area (TPSA) is 63.6 Å². The van der Waals surface area contributed by atoms with Crippen molar-refractivity contribution in [2.75, 3.05) is 6.61 Å². The summed E-state index contributed by atoms with van der Waals surface area (Å²) < 4.78 is 5.06. The van der Waals surface area contributed by atoms with Gasteiger partial charge in [-0.05, 0) is 31.0 Å². The molecule has 0 radical (unpaired) electrons. The van der Waals surface area contributed by atoms with Gasteiger partial charge >= 0.3 is 11.9 Å². The normalized spacial score (nSPS) is 11.9. The summed E-state index contributed by atoms with van der Waals surface area (Å²) in [7, 11) is 0. The Kier molecular flexibility index (Phi) is 5.36. The number of unbranched alkanes of at least 4 members (excludes halogenated alkanes) is 1. The van der Waals surface area contributed by atoms with Crippen molar-refractivity contribution < 1.29 is 19.4 Å². The molecule has 0 aliphatic carbocycles. The van der Waals surface area contributed by atoms with Crippen LogP contribution in [0.15, 0.2) is 24.3 Å². The summed E-state index contributed by atoms with van der Waals surface area (Å²) in [6.07, 6.45) is 1.82. The van der Waals surface area contributed by atoms with E-state index in [-0.39, 0.29) is 5.97 Å². The summed E-state index contributed by atoms with van der Waals surface area (Å²) >= 11 is 0. The van der Waals surface area contributed by atoms with Crippen LogP contribution in [0, 0.1) is 0 Å². The van der Waals surface area contributed by atoms with Crippen LogP contribution in [0.25, 0.3) is 0 Å². The average Bonchev–Trinajstić information content (AvgIpc) is 2.38. The van der Waals surface area contributed by atoms with Crippen molar-refractivity contribution >= 4 is 11.9 Å². The van der Waals surface area contributed by atoms with E-state index in [1.54, 1.807) is 31.2 Å². The zero-order chi connectivity index (χ0) is 13.5. The molecule has 0 amide bonds. The Balaban J connectivity index is 2.65. The highest BCUT2D eigenvalue weighted by Crippen LogP contribution is 2.16. The highest BCUT2D eigenvalue weighted by molar-refractivity contribution is 5.89. The number of carboxylic acid groups (broad SMARTS) is 1. The number of esters is 1. The summed E-state index contributed by atoms with van der Waals surface area (Å²) in [5, 5.41) is 8.87. The summed E-state index contributed by atoms with van der Waals surface area (Å²) in [5.74, 6) is -1.82. The van der Waals surface area contributed by atoms with Crippen LogP contribution in [-0.2, 0) is 9.53 Å². The van der Waals surface area contributed by atoms with Gasteiger partial charge in [-0.25, -0.2) is 4.79 Å². The van der Waals surface area contributed by atoms with Gasteiger partial charge < -0.3 is 9.84 Å². The number of rotatable bonds is 6. The van der Waals surface area contributed by atoms with E-state index in [1.165, 1.54) is 0 Å². The first kappa shape index (κ1) is 14.2. The fourth-order valence-electron chi connectivity index (χ4n) is 1.44. The van der Waals surface area contributed by atoms with Crippen molar-refractivity contribution in [1.82, 2.24) is 0 Å². The predicted octanol–water partition coefficient (Wildman–Crippen LogP) is 2.83. The fraction of sp³-hybridized carbons (Fsp3) is 0.429. The molecule has 0 spiro atoms. The van der Waals surface area contributed by atoms with E-state index in [0.717, 1.165) is 12.8 Å². The molecule has 0 saturated heterocycles. The van der Waals surface area contributed by atoms with Gasteiger partial charge in [-0.1, -0.05) is 25.5 Å². The number of carboxylic acids is 1. The quantitative estimate of drug-likeness (QED) is 0.623. The van der Waals surface area contributed by atoms with Gasteiger partial charge in [0.15, 0.2) is 0 Å². The number of carbonyl (C=O) groups is 2. The molecule has 0 bridgehead atoms. The van der Waals surface area contributed by atoms with Crippen LogP contribution >= 0.6 is 0 Å². The molecular weight excluding hydrogens is 232 g/mol. The molecule has 0 heterocycles. The van der Waals surface area contributed by atoms with E-state index in [9.17, 15) is 9.59 Å². The maximum Gasteiger partial charge on any atom is 0.338 e. The summed E-state index contributed by atoms with van der Waals surface area (Å²) in [5.41, 5.74) is 1.13. The van der Waals surface area contributed by atoms with Crippen LogP contribution < -0.4 is 0 Å². The first-order valence-electron chi connectivity index (χ1n) is 6.06. The molecule has 1 rings (SSSR count). The van der Waals surface area contributed by atoms with Gasteiger partial charge in [-0.3, -0.25) is 4.79 Å². The second-order valence-electron chi connectivity index (χ2n) is 4.17. The second kappa shape index (κ2) is 6.79. The minimum atomic E-state index is -0.881. The molecular formula is C14H18O4. The van der Waals surface area contributed by atoms with E-state index in [1.807, 2.05) is 6.92 Å². The number of hydrogen-bond donors (Lipinski definition) is 1. The van der Waals surface area contributed by atoms with E-state index < -0.39 is 11.9 Å². The van der Waals surface area contributed by atoms with Gasteiger partial charge in [0.05, 0.1) is 18.1 Å². The third kappa shape index (κ3) is 3.87. The Labute approximate surface area is 107 Å². The molecule has 0 aliphatic rings. The molecule has 18 heavy (non-hydrogen) atoms. The minimum Gasteiger partial charge on any atom is -0.481 e. The van der Waals surface area contributed by atoms with Gasteiger partial charge in [-0.2, -0.15) is 0 Å². The van der Waals surface area contributed by atoms with E-state index in [4.69, 9.17) is 9.84 Å². The van der Waals surface area contributed by atoms with Crippen molar-refractivity contribution in [3.05, 3.63) is 35.4 Å². The van der Waals surface area contributed by atoms with Crippen molar-refractivity contribution in [3.63, 3.8) is 0 Å². The maximum atomic E-state index is 11.6. The van der Waals surface area contributed by atoms with Crippen LogP contribution in [0.4, 0.5) is 0 Å². The highest BCUT2D eigenvalue weighted by atomic mass is 16.5. The number of aliphatic carboxylic acids is 1. The van der Waals surface area contributed by atoms with Gasteiger partial charge in [0.1, 0.15) is 0 Å². The lowest BCUT2D eigenvalue weighted by Gasteiger charge is -2.08. The van der Waals surface area contributed by atoms with Gasteiger partial charge in [0.25, 0.3) is 0 Å². The molecule has 1 aromatic rings. The van der Waals surface area contributed by atoms with Crippen LogP contribution in [0.3, 0.4) is 0 Å². The molecule has 98 valence electrons. The predicted molar refractivity (Wildman–Crippen MR) is 67.7 cm³/mol. The lowest BCUT2D eigenvalue weighted by Crippen LogP contribution is -2.09. The van der Waals surface area contributed by atoms with E-state index in [0.29, 0.717) is 17.7 Å². The Bertz CT molecular complexity index is 408. The second-order valence-corrected chi connectivity index (χ2v) is 4.17. The van der Waals surface area contributed by atoms with Gasteiger partial charge in [0.2, 0.25) is 0 Å². The molecule has 4 nitrogen and oxygen atoms in total. The number of hydrogen-bond acceptors (Lipinski definition) is 3. The maximum absolute atomic E-state index is 11.6. The lowest BCUT2D eigenvalue weighted by atomic mass is 10.0. The molecule has 0 aliphatic heterocycles. The van der Waals surface area contributed by atoms with Gasteiger partial charge in [0, 0.05) is 0 Å². The summed E-state index contributed by atoms with van der Waals surface area (Å²) in [4.78, 5) is 22.4. The smallest absolute Gasteiger partial charge is 0.338 e. The Morgan fingerprint density at radius 1 is 1.28 bits per heavy atom. The number of ether oxygens (including phenoxy) is 1. The Hall–Kier alpha value is -1.84. The number of carbonyl (C=O) groups excluding carboxylic acids is 1. The van der Waals surface area contributed by atoms with E-state index in [2.05, 4.69) is 0 Å². The standard InChI is InChI=1S/C14H18O4/c1-3-4-9-18-14(17)12-7-5-11(6-8-12)10(2)13(15)16/h5-8,10H,3-4,9H2,1-2H3,(H,15,16).